The molecule has 0 spiro atoms. The highest BCUT2D eigenvalue weighted by Crippen LogP contribution is 2.30. The van der Waals surface area contributed by atoms with Gasteiger partial charge in [-0.05, 0) is 25.0 Å². The van der Waals surface area contributed by atoms with Crippen LogP contribution in [0.5, 0.6) is 5.75 Å². The van der Waals surface area contributed by atoms with E-state index in [0.717, 1.165) is 37.4 Å². The SMILES string of the molecule is COc1cccc(-n2nc(N3CCCC3)c(C#N)c2N)c1. The summed E-state index contributed by atoms with van der Waals surface area (Å²) in [7, 11) is 1.61. The van der Waals surface area contributed by atoms with Crippen LogP contribution < -0.4 is 15.4 Å². The molecule has 2 N–H and O–H groups in total. The van der Waals surface area contributed by atoms with Crippen molar-refractivity contribution in [1.82, 2.24) is 9.78 Å². The predicted molar refractivity (Wildman–Crippen MR) is 80.7 cm³/mol. The van der Waals surface area contributed by atoms with Gasteiger partial charge in [-0.15, -0.1) is 5.10 Å². The van der Waals surface area contributed by atoms with Crippen molar-refractivity contribution < 1.29 is 4.74 Å². The van der Waals surface area contributed by atoms with Crippen LogP contribution in [0.4, 0.5) is 11.6 Å². The second-order valence-electron chi connectivity index (χ2n) is 5.00. The smallest absolute Gasteiger partial charge is 0.171 e. The minimum atomic E-state index is 0.368. The summed E-state index contributed by atoms with van der Waals surface area (Å²) < 4.78 is 6.83. The molecule has 1 aromatic heterocycles. The molecule has 1 saturated heterocycles. The van der Waals surface area contributed by atoms with E-state index in [1.165, 1.54) is 0 Å². The molecule has 2 heterocycles. The summed E-state index contributed by atoms with van der Waals surface area (Å²) in [6, 6.07) is 9.64. The van der Waals surface area contributed by atoms with Crippen LogP contribution in [0.25, 0.3) is 5.69 Å². The molecule has 0 saturated carbocycles. The Balaban J connectivity index is 2.08. The molecule has 1 aliphatic heterocycles. The van der Waals surface area contributed by atoms with Crippen LogP contribution in [-0.2, 0) is 0 Å². The van der Waals surface area contributed by atoms with E-state index >= 15 is 0 Å². The first-order chi connectivity index (χ1) is 10.2. The third kappa shape index (κ3) is 2.27. The highest BCUT2D eigenvalue weighted by Gasteiger charge is 2.23. The van der Waals surface area contributed by atoms with E-state index in [2.05, 4.69) is 16.1 Å². The van der Waals surface area contributed by atoms with Crippen LogP contribution in [0, 0.1) is 11.3 Å². The predicted octanol–water partition coefficient (Wildman–Crippen LogP) is 1.93. The number of ether oxygens (including phenoxy) is 1. The fourth-order valence-corrected chi connectivity index (χ4v) is 2.62. The molecule has 0 atom stereocenters. The summed E-state index contributed by atoms with van der Waals surface area (Å²) in [5, 5.41) is 13.9. The second-order valence-corrected chi connectivity index (χ2v) is 5.00. The molecular weight excluding hydrogens is 266 g/mol. The number of hydrogen-bond donors (Lipinski definition) is 1. The van der Waals surface area contributed by atoms with Crippen LogP contribution in [0.2, 0.25) is 0 Å². The molecule has 0 bridgehead atoms. The molecule has 2 aromatic rings. The number of rotatable bonds is 3. The Morgan fingerprint density at radius 2 is 2.10 bits per heavy atom. The van der Waals surface area contributed by atoms with Crippen molar-refractivity contribution in [2.45, 2.75) is 12.8 Å². The van der Waals surface area contributed by atoms with Crippen molar-refractivity contribution in [1.29, 1.82) is 5.26 Å². The van der Waals surface area contributed by atoms with E-state index < -0.39 is 0 Å². The first kappa shape index (κ1) is 13.3. The zero-order valence-electron chi connectivity index (χ0n) is 11.9. The van der Waals surface area contributed by atoms with Gasteiger partial charge in [0, 0.05) is 19.2 Å². The number of hydrogen-bond acceptors (Lipinski definition) is 5. The van der Waals surface area contributed by atoms with Crippen LogP contribution in [0.15, 0.2) is 24.3 Å². The van der Waals surface area contributed by atoms with Crippen molar-refractivity contribution in [2.24, 2.45) is 0 Å². The Morgan fingerprint density at radius 3 is 2.76 bits per heavy atom. The van der Waals surface area contributed by atoms with Crippen LogP contribution in [0.3, 0.4) is 0 Å². The fraction of sp³-hybridized carbons (Fsp3) is 0.333. The highest BCUT2D eigenvalue weighted by atomic mass is 16.5. The lowest BCUT2D eigenvalue weighted by Gasteiger charge is -2.13. The molecule has 0 radical (unpaired) electrons. The van der Waals surface area contributed by atoms with Crippen LogP contribution in [-0.4, -0.2) is 30.0 Å². The Kier molecular flexibility index (Phi) is 3.40. The summed E-state index contributed by atoms with van der Waals surface area (Å²) in [6.07, 6.45) is 2.24. The van der Waals surface area contributed by atoms with Gasteiger partial charge in [-0.2, -0.15) is 5.26 Å². The van der Waals surface area contributed by atoms with Gasteiger partial charge in [-0.1, -0.05) is 6.07 Å². The van der Waals surface area contributed by atoms with Gasteiger partial charge in [-0.25, -0.2) is 4.68 Å². The monoisotopic (exact) mass is 283 g/mol. The number of benzene rings is 1. The number of aromatic nitrogens is 2. The summed E-state index contributed by atoms with van der Waals surface area (Å²) in [4.78, 5) is 2.12. The lowest BCUT2D eigenvalue weighted by Crippen LogP contribution is -2.19. The first-order valence-electron chi connectivity index (χ1n) is 6.92. The first-order valence-corrected chi connectivity index (χ1v) is 6.92. The van der Waals surface area contributed by atoms with Crippen molar-refractivity contribution in [3.8, 4) is 17.5 Å². The van der Waals surface area contributed by atoms with Gasteiger partial charge >= 0.3 is 0 Å². The molecule has 0 aliphatic carbocycles. The molecule has 0 amide bonds. The quantitative estimate of drug-likeness (QED) is 0.931. The third-order valence-electron chi connectivity index (χ3n) is 3.72. The molecule has 0 unspecified atom stereocenters. The molecule has 21 heavy (non-hydrogen) atoms. The molecule has 1 aliphatic rings. The van der Waals surface area contributed by atoms with Crippen molar-refractivity contribution in [2.75, 3.05) is 30.8 Å². The van der Waals surface area contributed by atoms with Gasteiger partial charge in [0.15, 0.2) is 5.82 Å². The normalized spacial score (nSPS) is 14.2. The summed E-state index contributed by atoms with van der Waals surface area (Å²) in [5.41, 5.74) is 7.35. The minimum absolute atomic E-state index is 0.368. The molecule has 1 fully saturated rings. The molecule has 108 valence electrons. The average Bonchev–Trinajstić information content (AvgIpc) is 3.14. The lowest BCUT2D eigenvalue weighted by atomic mass is 10.3. The Morgan fingerprint density at radius 1 is 1.33 bits per heavy atom. The maximum atomic E-state index is 9.39. The van der Waals surface area contributed by atoms with Crippen molar-refractivity contribution in [3.05, 3.63) is 29.8 Å². The third-order valence-corrected chi connectivity index (χ3v) is 3.72. The average molecular weight is 283 g/mol. The highest BCUT2D eigenvalue weighted by molar-refractivity contribution is 5.67. The summed E-state index contributed by atoms with van der Waals surface area (Å²) >= 11 is 0. The van der Waals surface area contributed by atoms with Crippen LogP contribution in [0.1, 0.15) is 18.4 Å². The molecule has 6 heteroatoms. The number of nitrogen functional groups attached to an aromatic ring is 1. The molecule has 6 nitrogen and oxygen atoms in total. The molecule has 1 aromatic carbocycles. The van der Waals surface area contributed by atoms with E-state index in [4.69, 9.17) is 10.5 Å². The topological polar surface area (TPSA) is 80.1 Å². The van der Waals surface area contributed by atoms with E-state index in [1.807, 2.05) is 24.3 Å². The largest absolute Gasteiger partial charge is 0.497 e. The van der Waals surface area contributed by atoms with Crippen LogP contribution >= 0.6 is 0 Å². The zero-order chi connectivity index (χ0) is 14.8. The number of nitrogens with zero attached hydrogens (tertiary/aromatic N) is 4. The lowest BCUT2D eigenvalue weighted by molar-refractivity contribution is 0.414. The number of methoxy groups -OCH3 is 1. The number of nitrogens with two attached hydrogens (primary N) is 1. The van der Waals surface area contributed by atoms with Gasteiger partial charge in [0.1, 0.15) is 23.2 Å². The van der Waals surface area contributed by atoms with Crippen molar-refractivity contribution >= 4 is 11.6 Å². The molecule has 3 rings (SSSR count). The minimum Gasteiger partial charge on any atom is -0.497 e. The zero-order valence-corrected chi connectivity index (χ0v) is 11.9. The maximum Gasteiger partial charge on any atom is 0.171 e. The van der Waals surface area contributed by atoms with E-state index in [0.29, 0.717) is 17.2 Å². The van der Waals surface area contributed by atoms with Gasteiger partial charge in [-0.3, -0.25) is 0 Å². The van der Waals surface area contributed by atoms with Gasteiger partial charge < -0.3 is 15.4 Å². The Labute approximate surface area is 123 Å². The van der Waals surface area contributed by atoms with Crippen molar-refractivity contribution in [3.63, 3.8) is 0 Å². The standard InChI is InChI=1S/C15H17N5O/c1-21-12-6-4-5-11(9-12)20-14(17)13(10-16)15(18-20)19-7-2-3-8-19/h4-6,9H,2-3,7-8,17H2,1H3. The Hall–Kier alpha value is -2.68. The van der Waals surface area contributed by atoms with E-state index in [1.54, 1.807) is 11.8 Å². The van der Waals surface area contributed by atoms with Gasteiger partial charge in [0.25, 0.3) is 0 Å². The Bertz CT molecular complexity index is 695. The molecular formula is C15H17N5O. The van der Waals surface area contributed by atoms with Gasteiger partial charge in [0.05, 0.1) is 12.8 Å². The second kappa shape index (κ2) is 5.37. The number of nitriles is 1. The van der Waals surface area contributed by atoms with E-state index in [-0.39, 0.29) is 0 Å². The fourth-order valence-electron chi connectivity index (χ4n) is 2.62. The summed E-state index contributed by atoms with van der Waals surface area (Å²) in [6.45, 7) is 1.84. The van der Waals surface area contributed by atoms with E-state index in [9.17, 15) is 5.26 Å². The van der Waals surface area contributed by atoms with Gasteiger partial charge in [0.2, 0.25) is 0 Å². The maximum absolute atomic E-state index is 9.39. The number of anilines is 2. The summed E-state index contributed by atoms with van der Waals surface area (Å²) in [5.74, 6) is 1.77.